The van der Waals surface area contributed by atoms with Gasteiger partial charge >= 0.3 is 0 Å². The van der Waals surface area contributed by atoms with Crippen LogP contribution in [0, 0.1) is 0 Å². The molecule has 170 valence electrons. The number of hydrazone groups is 1. The van der Waals surface area contributed by atoms with Crippen LogP contribution >= 0.6 is 11.6 Å². The number of amides is 2. The van der Waals surface area contributed by atoms with Crippen molar-refractivity contribution in [3.63, 3.8) is 0 Å². The Morgan fingerprint density at radius 2 is 1.84 bits per heavy atom. The second-order valence-electron chi connectivity index (χ2n) is 7.03. The van der Waals surface area contributed by atoms with Crippen molar-refractivity contribution < 1.29 is 18.0 Å². The first kappa shape index (κ1) is 23.7. The summed E-state index contributed by atoms with van der Waals surface area (Å²) in [6.45, 7) is 4.10. The fourth-order valence-electron chi connectivity index (χ4n) is 3.36. The van der Waals surface area contributed by atoms with Crippen molar-refractivity contribution in [2.24, 2.45) is 10.8 Å². The highest BCUT2D eigenvalue weighted by molar-refractivity contribution is 7.89. The van der Waals surface area contributed by atoms with Gasteiger partial charge in [0.05, 0.1) is 21.3 Å². The number of nitrogens with two attached hydrogens (primary N) is 1. The van der Waals surface area contributed by atoms with Gasteiger partial charge in [-0.15, -0.1) is 0 Å². The van der Waals surface area contributed by atoms with Crippen LogP contribution in [-0.2, 0) is 19.6 Å². The third-order valence-electron chi connectivity index (χ3n) is 5.05. The van der Waals surface area contributed by atoms with Crippen LogP contribution in [0.2, 0.25) is 5.02 Å². The molecule has 0 spiro atoms. The maximum atomic E-state index is 12.9. The van der Waals surface area contributed by atoms with E-state index in [-0.39, 0.29) is 27.7 Å². The SMILES string of the molecule is CCN(CC)S(=O)(=O)c1ccc(Cl)c(NC(=O)C2=NN(c3ccccc3)C(C(N)=O)C2)c1. The number of benzene rings is 2. The maximum Gasteiger partial charge on any atom is 0.272 e. The van der Waals surface area contributed by atoms with E-state index in [0.717, 1.165) is 0 Å². The van der Waals surface area contributed by atoms with Gasteiger partial charge in [-0.3, -0.25) is 14.6 Å². The predicted molar refractivity (Wildman–Crippen MR) is 124 cm³/mol. The van der Waals surface area contributed by atoms with Crippen molar-refractivity contribution in [2.45, 2.75) is 31.2 Å². The van der Waals surface area contributed by atoms with E-state index in [1.807, 2.05) is 6.07 Å². The average molecular weight is 478 g/mol. The minimum atomic E-state index is -3.74. The molecular formula is C21H24ClN5O4S. The predicted octanol–water partition coefficient (Wildman–Crippen LogP) is 2.43. The summed E-state index contributed by atoms with van der Waals surface area (Å²) in [6, 6.07) is 12.2. The Labute approximate surface area is 191 Å². The lowest BCUT2D eigenvalue weighted by Crippen LogP contribution is -2.39. The van der Waals surface area contributed by atoms with Gasteiger partial charge in [0.1, 0.15) is 11.8 Å². The number of rotatable bonds is 8. The number of anilines is 2. The fourth-order valence-corrected chi connectivity index (χ4v) is 5.01. The van der Waals surface area contributed by atoms with Gasteiger partial charge in [0.15, 0.2) is 0 Å². The van der Waals surface area contributed by atoms with Crippen LogP contribution in [0.3, 0.4) is 0 Å². The van der Waals surface area contributed by atoms with E-state index in [1.165, 1.54) is 27.5 Å². The van der Waals surface area contributed by atoms with E-state index < -0.39 is 27.9 Å². The zero-order valence-electron chi connectivity index (χ0n) is 17.7. The molecule has 1 aliphatic rings. The minimum absolute atomic E-state index is 0.00508. The molecule has 1 unspecified atom stereocenters. The van der Waals surface area contributed by atoms with E-state index in [4.69, 9.17) is 17.3 Å². The second-order valence-corrected chi connectivity index (χ2v) is 9.38. The molecule has 0 aromatic heterocycles. The first-order valence-corrected chi connectivity index (χ1v) is 11.8. The zero-order chi connectivity index (χ0) is 23.5. The molecule has 0 aliphatic carbocycles. The van der Waals surface area contributed by atoms with Gasteiger partial charge in [-0.05, 0) is 30.3 Å². The number of nitrogens with one attached hydrogen (secondary N) is 1. The van der Waals surface area contributed by atoms with E-state index >= 15 is 0 Å². The van der Waals surface area contributed by atoms with Crippen molar-refractivity contribution in [1.29, 1.82) is 0 Å². The zero-order valence-corrected chi connectivity index (χ0v) is 19.2. The number of para-hydroxylation sites is 1. The van der Waals surface area contributed by atoms with E-state index in [0.29, 0.717) is 18.8 Å². The standard InChI is InChI=1S/C21H24ClN5O4S/c1-3-26(4-2)32(30,31)15-10-11-16(22)17(12-15)24-21(29)18-13-19(20(23)28)27(25-18)14-8-6-5-7-9-14/h5-12,19H,3-4,13H2,1-2H3,(H2,23,28)(H,24,29). The first-order valence-electron chi connectivity index (χ1n) is 10.0. The molecule has 1 aliphatic heterocycles. The summed E-state index contributed by atoms with van der Waals surface area (Å²) in [7, 11) is -3.74. The summed E-state index contributed by atoms with van der Waals surface area (Å²) >= 11 is 6.20. The third-order valence-corrected chi connectivity index (χ3v) is 7.43. The molecule has 1 heterocycles. The lowest BCUT2D eigenvalue weighted by atomic mass is 10.1. The van der Waals surface area contributed by atoms with Crippen molar-refractivity contribution in [1.82, 2.24) is 4.31 Å². The van der Waals surface area contributed by atoms with Crippen LogP contribution in [0.4, 0.5) is 11.4 Å². The average Bonchev–Trinajstić information content (AvgIpc) is 3.22. The number of nitrogens with zero attached hydrogens (tertiary/aromatic N) is 3. The number of primary amides is 1. The first-order chi connectivity index (χ1) is 15.2. The van der Waals surface area contributed by atoms with Gasteiger partial charge in [0, 0.05) is 19.5 Å². The molecule has 2 amide bonds. The van der Waals surface area contributed by atoms with Gasteiger partial charge in [-0.1, -0.05) is 43.6 Å². The van der Waals surface area contributed by atoms with Crippen molar-refractivity contribution in [2.75, 3.05) is 23.4 Å². The van der Waals surface area contributed by atoms with Crippen LogP contribution < -0.4 is 16.1 Å². The van der Waals surface area contributed by atoms with Gasteiger partial charge < -0.3 is 11.1 Å². The number of halogens is 1. The highest BCUT2D eigenvalue weighted by atomic mass is 35.5. The molecule has 9 nitrogen and oxygen atoms in total. The van der Waals surface area contributed by atoms with Crippen molar-refractivity contribution >= 4 is 50.5 Å². The molecular weight excluding hydrogens is 454 g/mol. The monoisotopic (exact) mass is 477 g/mol. The maximum absolute atomic E-state index is 12.9. The normalized spacial score (nSPS) is 16.2. The highest BCUT2D eigenvalue weighted by Crippen LogP contribution is 2.29. The molecule has 2 aromatic carbocycles. The largest absolute Gasteiger partial charge is 0.368 e. The molecule has 0 bridgehead atoms. The molecule has 11 heteroatoms. The summed E-state index contributed by atoms with van der Waals surface area (Å²) in [6.07, 6.45) is 0.00508. The van der Waals surface area contributed by atoms with Crippen molar-refractivity contribution in [3.8, 4) is 0 Å². The number of carbonyl (C=O) groups is 2. The van der Waals surface area contributed by atoms with Crippen LogP contribution in [0.15, 0.2) is 58.5 Å². The highest BCUT2D eigenvalue weighted by Gasteiger charge is 2.35. The van der Waals surface area contributed by atoms with Crippen molar-refractivity contribution in [3.05, 3.63) is 53.6 Å². The van der Waals surface area contributed by atoms with Crippen LogP contribution in [0.1, 0.15) is 20.3 Å². The number of sulfonamides is 1. The molecule has 1 atom stereocenters. The summed E-state index contributed by atoms with van der Waals surface area (Å²) in [5, 5.41) is 8.46. The lowest BCUT2D eigenvalue weighted by Gasteiger charge is -2.20. The summed E-state index contributed by atoms with van der Waals surface area (Å²) in [5.41, 5.74) is 6.33. The van der Waals surface area contributed by atoms with Crippen LogP contribution in [0.5, 0.6) is 0 Å². The molecule has 0 saturated heterocycles. The van der Waals surface area contributed by atoms with E-state index in [1.54, 1.807) is 38.1 Å². The summed E-state index contributed by atoms with van der Waals surface area (Å²) < 4.78 is 26.9. The Bertz CT molecular complexity index is 1150. The summed E-state index contributed by atoms with van der Waals surface area (Å²) in [5.74, 6) is -1.22. The van der Waals surface area contributed by atoms with Gasteiger partial charge in [-0.25, -0.2) is 8.42 Å². The topological polar surface area (TPSA) is 125 Å². The van der Waals surface area contributed by atoms with E-state index in [2.05, 4.69) is 10.4 Å². The molecule has 2 aromatic rings. The number of carbonyl (C=O) groups excluding carboxylic acids is 2. The van der Waals surface area contributed by atoms with Crippen LogP contribution in [0.25, 0.3) is 0 Å². The number of hydrogen-bond donors (Lipinski definition) is 2. The van der Waals surface area contributed by atoms with E-state index in [9.17, 15) is 18.0 Å². The Morgan fingerprint density at radius 1 is 1.19 bits per heavy atom. The Morgan fingerprint density at radius 3 is 2.44 bits per heavy atom. The smallest absolute Gasteiger partial charge is 0.272 e. The fraction of sp³-hybridized carbons (Fsp3) is 0.286. The number of hydrogen-bond acceptors (Lipinski definition) is 6. The quantitative estimate of drug-likeness (QED) is 0.604. The summed E-state index contributed by atoms with van der Waals surface area (Å²) in [4.78, 5) is 24.8. The minimum Gasteiger partial charge on any atom is -0.368 e. The Kier molecular flexibility index (Phi) is 7.17. The Balaban J connectivity index is 1.88. The molecule has 0 saturated carbocycles. The lowest BCUT2D eigenvalue weighted by molar-refractivity contribution is -0.119. The molecule has 3 rings (SSSR count). The third kappa shape index (κ3) is 4.77. The second kappa shape index (κ2) is 9.68. The molecule has 32 heavy (non-hydrogen) atoms. The van der Waals surface area contributed by atoms with Gasteiger partial charge in [0.2, 0.25) is 15.9 Å². The molecule has 0 fully saturated rings. The molecule has 0 radical (unpaired) electrons. The molecule has 3 N–H and O–H groups in total. The van der Waals surface area contributed by atoms with Gasteiger partial charge in [-0.2, -0.15) is 9.41 Å². The Hall–Kier alpha value is -2.95. The van der Waals surface area contributed by atoms with Gasteiger partial charge in [0.25, 0.3) is 5.91 Å². The van der Waals surface area contributed by atoms with Crippen LogP contribution in [-0.4, -0.2) is 49.4 Å².